The van der Waals surface area contributed by atoms with Gasteiger partial charge in [0.2, 0.25) is 0 Å². The molecule has 3 aromatic rings. The smallest absolute Gasteiger partial charge is 0.119 e. The van der Waals surface area contributed by atoms with Crippen molar-refractivity contribution in [1.82, 2.24) is 14.8 Å². The standard InChI is InChI=1S/C26H31N3O/c1-5-15-28-17-20(3)29(18-19(28)2)26(21-9-8-10-22(16-21)30-4)24-13-14-27-25-12-7-6-11-23(24)25/h5-14,16,19-20,26H,1,15,17-18H2,2-4H3/t19-,20+,26?/m1/s1. The summed E-state index contributed by atoms with van der Waals surface area (Å²) in [6, 6.07) is 20.1. The largest absolute Gasteiger partial charge is 0.497 e. The SMILES string of the molecule is C=CCN1C[C@H](C)N(C(c2cccc(OC)c2)c2ccnc3ccccc23)C[C@H]1C. The lowest BCUT2D eigenvalue weighted by Crippen LogP contribution is -2.57. The summed E-state index contributed by atoms with van der Waals surface area (Å²) < 4.78 is 5.56. The van der Waals surface area contributed by atoms with E-state index >= 15 is 0 Å². The van der Waals surface area contributed by atoms with E-state index in [4.69, 9.17) is 4.74 Å². The lowest BCUT2D eigenvalue weighted by atomic mass is 9.91. The zero-order chi connectivity index (χ0) is 21.1. The molecule has 1 saturated heterocycles. The lowest BCUT2D eigenvalue weighted by Gasteiger charge is -2.47. The highest BCUT2D eigenvalue weighted by atomic mass is 16.5. The average molecular weight is 402 g/mol. The molecule has 0 bridgehead atoms. The van der Waals surface area contributed by atoms with Crippen molar-refractivity contribution < 1.29 is 4.74 Å². The Hall–Kier alpha value is -2.69. The first kappa shape index (κ1) is 20.6. The highest BCUT2D eigenvalue weighted by Gasteiger charge is 2.35. The van der Waals surface area contributed by atoms with Gasteiger partial charge >= 0.3 is 0 Å². The van der Waals surface area contributed by atoms with Crippen molar-refractivity contribution in [2.45, 2.75) is 32.0 Å². The van der Waals surface area contributed by atoms with Crippen LogP contribution in [0, 0.1) is 0 Å². The van der Waals surface area contributed by atoms with Gasteiger partial charge in [-0.05, 0) is 49.2 Å². The first-order valence-electron chi connectivity index (χ1n) is 10.7. The predicted octanol–water partition coefficient (Wildman–Crippen LogP) is 4.91. The topological polar surface area (TPSA) is 28.6 Å². The molecule has 0 aliphatic carbocycles. The molecule has 0 radical (unpaired) electrons. The Morgan fingerprint density at radius 2 is 1.93 bits per heavy atom. The van der Waals surface area contributed by atoms with Crippen LogP contribution in [-0.4, -0.2) is 53.6 Å². The molecule has 0 amide bonds. The van der Waals surface area contributed by atoms with Crippen LogP contribution in [0.4, 0.5) is 0 Å². The molecule has 4 rings (SSSR count). The molecule has 0 N–H and O–H groups in total. The molecule has 1 aliphatic heterocycles. The number of nitrogens with zero attached hydrogens (tertiary/aromatic N) is 3. The summed E-state index contributed by atoms with van der Waals surface area (Å²) in [5.41, 5.74) is 3.58. The van der Waals surface area contributed by atoms with Crippen molar-refractivity contribution in [1.29, 1.82) is 0 Å². The van der Waals surface area contributed by atoms with Gasteiger partial charge in [0.1, 0.15) is 5.75 Å². The molecule has 0 spiro atoms. The summed E-state index contributed by atoms with van der Waals surface area (Å²) >= 11 is 0. The fraction of sp³-hybridized carbons (Fsp3) is 0.346. The maximum Gasteiger partial charge on any atom is 0.119 e. The zero-order valence-electron chi connectivity index (χ0n) is 18.2. The van der Waals surface area contributed by atoms with Crippen LogP contribution in [0.1, 0.15) is 31.0 Å². The van der Waals surface area contributed by atoms with E-state index in [1.54, 1.807) is 7.11 Å². The summed E-state index contributed by atoms with van der Waals surface area (Å²) in [6.45, 7) is 11.5. The minimum atomic E-state index is 0.135. The van der Waals surface area contributed by atoms with Gasteiger partial charge in [-0.25, -0.2) is 0 Å². The van der Waals surface area contributed by atoms with Crippen molar-refractivity contribution in [2.24, 2.45) is 0 Å². The van der Waals surface area contributed by atoms with Gasteiger partial charge in [0.05, 0.1) is 18.7 Å². The molecule has 1 unspecified atom stereocenters. The van der Waals surface area contributed by atoms with Crippen molar-refractivity contribution in [3.05, 3.63) is 84.6 Å². The van der Waals surface area contributed by atoms with Crippen LogP contribution in [-0.2, 0) is 0 Å². The van der Waals surface area contributed by atoms with Crippen molar-refractivity contribution in [3.63, 3.8) is 0 Å². The number of para-hydroxylation sites is 1. The Kier molecular flexibility index (Phi) is 6.16. The van der Waals surface area contributed by atoms with Crippen LogP contribution >= 0.6 is 0 Å². The van der Waals surface area contributed by atoms with E-state index in [1.807, 2.05) is 18.3 Å². The number of hydrogen-bond donors (Lipinski definition) is 0. The fourth-order valence-corrected chi connectivity index (χ4v) is 4.72. The van der Waals surface area contributed by atoms with Crippen LogP contribution in [0.25, 0.3) is 10.9 Å². The quantitative estimate of drug-likeness (QED) is 0.549. The Labute approximate surface area is 179 Å². The second kappa shape index (κ2) is 8.99. The minimum Gasteiger partial charge on any atom is -0.497 e. The number of pyridine rings is 1. The summed E-state index contributed by atoms with van der Waals surface area (Å²) in [5, 5.41) is 1.21. The Morgan fingerprint density at radius 1 is 1.10 bits per heavy atom. The van der Waals surface area contributed by atoms with E-state index in [2.05, 4.69) is 83.7 Å². The third kappa shape index (κ3) is 3.98. The van der Waals surface area contributed by atoms with Crippen molar-refractivity contribution in [3.8, 4) is 5.75 Å². The molecule has 1 aromatic heterocycles. The Morgan fingerprint density at radius 3 is 2.73 bits per heavy atom. The third-order valence-corrected chi connectivity index (χ3v) is 6.25. The normalized spacial score (nSPS) is 21.4. The molecule has 1 aliphatic rings. The Bertz CT molecular complexity index is 1010. The second-order valence-corrected chi connectivity index (χ2v) is 8.23. The molecule has 156 valence electrons. The fourth-order valence-electron chi connectivity index (χ4n) is 4.72. The number of ether oxygens (including phenoxy) is 1. The molecule has 4 heteroatoms. The number of aromatic nitrogens is 1. The molecule has 2 aromatic carbocycles. The summed E-state index contributed by atoms with van der Waals surface area (Å²) in [7, 11) is 1.73. The van der Waals surface area contributed by atoms with Gasteiger partial charge in [-0.15, -0.1) is 6.58 Å². The van der Waals surface area contributed by atoms with E-state index in [0.29, 0.717) is 12.1 Å². The van der Waals surface area contributed by atoms with Crippen molar-refractivity contribution in [2.75, 3.05) is 26.7 Å². The van der Waals surface area contributed by atoms with E-state index in [9.17, 15) is 0 Å². The molecule has 3 atom stereocenters. The minimum absolute atomic E-state index is 0.135. The summed E-state index contributed by atoms with van der Waals surface area (Å²) in [6.07, 6.45) is 3.95. The van der Waals surface area contributed by atoms with Gasteiger partial charge < -0.3 is 4.74 Å². The monoisotopic (exact) mass is 401 g/mol. The van der Waals surface area contributed by atoms with Gasteiger partial charge in [0, 0.05) is 43.3 Å². The third-order valence-electron chi connectivity index (χ3n) is 6.25. The van der Waals surface area contributed by atoms with Crippen LogP contribution in [0.5, 0.6) is 5.75 Å². The number of rotatable bonds is 6. The number of methoxy groups -OCH3 is 1. The maximum atomic E-state index is 5.56. The molecular formula is C26H31N3O. The zero-order valence-corrected chi connectivity index (χ0v) is 18.2. The molecule has 1 fully saturated rings. The van der Waals surface area contributed by atoms with Crippen LogP contribution in [0.15, 0.2) is 73.4 Å². The number of benzene rings is 2. The number of fused-ring (bicyclic) bond motifs is 1. The van der Waals surface area contributed by atoms with Gasteiger partial charge in [-0.2, -0.15) is 0 Å². The van der Waals surface area contributed by atoms with Gasteiger partial charge in [0.25, 0.3) is 0 Å². The van der Waals surface area contributed by atoms with E-state index < -0.39 is 0 Å². The number of piperazine rings is 1. The van der Waals surface area contributed by atoms with Gasteiger partial charge in [-0.1, -0.05) is 36.4 Å². The molecule has 4 nitrogen and oxygen atoms in total. The average Bonchev–Trinajstić information content (AvgIpc) is 2.77. The highest BCUT2D eigenvalue weighted by Crippen LogP contribution is 2.37. The predicted molar refractivity (Wildman–Crippen MR) is 124 cm³/mol. The molecule has 0 saturated carbocycles. The Balaban J connectivity index is 1.83. The lowest BCUT2D eigenvalue weighted by molar-refractivity contribution is 0.0309. The highest BCUT2D eigenvalue weighted by molar-refractivity contribution is 5.82. The maximum absolute atomic E-state index is 5.56. The summed E-state index contributed by atoms with van der Waals surface area (Å²) in [5.74, 6) is 0.891. The van der Waals surface area contributed by atoms with Crippen LogP contribution < -0.4 is 4.74 Å². The molecule has 2 heterocycles. The van der Waals surface area contributed by atoms with Crippen LogP contribution in [0.3, 0.4) is 0 Å². The van der Waals surface area contributed by atoms with Gasteiger partial charge in [-0.3, -0.25) is 14.8 Å². The first-order chi connectivity index (χ1) is 14.6. The first-order valence-corrected chi connectivity index (χ1v) is 10.7. The second-order valence-electron chi connectivity index (χ2n) is 8.23. The van der Waals surface area contributed by atoms with Gasteiger partial charge in [0.15, 0.2) is 0 Å². The van der Waals surface area contributed by atoms with E-state index in [1.165, 1.54) is 16.5 Å². The van der Waals surface area contributed by atoms with Crippen LogP contribution in [0.2, 0.25) is 0 Å². The summed E-state index contributed by atoms with van der Waals surface area (Å²) in [4.78, 5) is 9.76. The van der Waals surface area contributed by atoms with E-state index in [-0.39, 0.29) is 6.04 Å². The molecule has 30 heavy (non-hydrogen) atoms. The number of hydrogen-bond acceptors (Lipinski definition) is 4. The molecular weight excluding hydrogens is 370 g/mol. The van der Waals surface area contributed by atoms with E-state index in [0.717, 1.165) is 30.9 Å². The van der Waals surface area contributed by atoms with Crippen molar-refractivity contribution >= 4 is 10.9 Å².